The van der Waals surface area contributed by atoms with Crippen molar-refractivity contribution in [1.29, 1.82) is 0 Å². The molecule has 1 rings (SSSR count). The summed E-state index contributed by atoms with van der Waals surface area (Å²) in [4.78, 5) is 0. The number of methoxy groups -OCH3 is 1. The van der Waals surface area contributed by atoms with E-state index in [9.17, 15) is 0 Å². The van der Waals surface area contributed by atoms with Crippen LogP contribution in [0.5, 0.6) is 5.75 Å². The zero-order valence-corrected chi connectivity index (χ0v) is 11.8. The summed E-state index contributed by atoms with van der Waals surface area (Å²) in [5, 5.41) is 8.76. The molecule has 1 aromatic carbocycles. The van der Waals surface area contributed by atoms with E-state index in [1.165, 1.54) is 24.2 Å². The molecule has 0 radical (unpaired) electrons. The van der Waals surface area contributed by atoms with E-state index in [-0.39, 0.29) is 6.61 Å². The van der Waals surface area contributed by atoms with E-state index >= 15 is 0 Å². The quantitative estimate of drug-likeness (QED) is 0.632. The molecule has 0 aliphatic heterocycles. The number of unbranched alkanes of at least 4 members (excludes halogenated alkanes) is 1. The lowest BCUT2D eigenvalue weighted by Crippen LogP contribution is -1.92. The van der Waals surface area contributed by atoms with Crippen LogP contribution in [0.25, 0.3) is 0 Å². The smallest absolute Gasteiger partial charge is 0.119 e. The van der Waals surface area contributed by atoms with Gasteiger partial charge in [0.1, 0.15) is 12.4 Å². The van der Waals surface area contributed by atoms with Gasteiger partial charge in [0.25, 0.3) is 0 Å². The van der Waals surface area contributed by atoms with Crippen molar-refractivity contribution in [2.75, 3.05) is 19.5 Å². The number of rotatable bonds is 6. The molecule has 0 amide bonds. The van der Waals surface area contributed by atoms with Crippen molar-refractivity contribution in [2.45, 2.75) is 25.5 Å². The molecular weight excluding hydrogens is 244 g/mol. The molecule has 0 saturated carbocycles. The maximum atomic E-state index is 8.76. The van der Waals surface area contributed by atoms with Crippen LogP contribution in [0.4, 0.5) is 0 Å². The molecule has 0 unspecified atom stereocenters. The zero-order valence-electron chi connectivity index (χ0n) is 11.0. The first-order valence-corrected chi connectivity index (χ1v) is 7.31. The van der Waals surface area contributed by atoms with Crippen LogP contribution in [0, 0.1) is 11.8 Å². The zero-order chi connectivity index (χ0) is 13.2. The number of ether oxygens (including phenoxy) is 1. The standard InChI is InChI=1S/C15H20O2S/c1-3-4-10-18-12-14-11-15(17-2)8-7-13(14)6-5-9-16/h7-8,11,16H,3-4,9-10,12H2,1-2H3. The number of benzene rings is 1. The van der Waals surface area contributed by atoms with Crippen LogP contribution in [-0.2, 0) is 5.75 Å². The van der Waals surface area contributed by atoms with Crippen LogP contribution >= 0.6 is 11.8 Å². The van der Waals surface area contributed by atoms with E-state index in [0.29, 0.717) is 0 Å². The summed E-state index contributed by atoms with van der Waals surface area (Å²) in [6.45, 7) is 2.10. The summed E-state index contributed by atoms with van der Waals surface area (Å²) >= 11 is 1.91. The molecule has 0 saturated heterocycles. The molecule has 0 aliphatic carbocycles. The number of hydrogen-bond donors (Lipinski definition) is 1. The van der Waals surface area contributed by atoms with Crippen LogP contribution in [0.2, 0.25) is 0 Å². The second kappa shape index (κ2) is 8.91. The lowest BCUT2D eigenvalue weighted by molar-refractivity contribution is 0.350. The van der Waals surface area contributed by atoms with Crippen molar-refractivity contribution in [3.8, 4) is 17.6 Å². The van der Waals surface area contributed by atoms with Crippen molar-refractivity contribution < 1.29 is 9.84 Å². The van der Waals surface area contributed by atoms with Crippen LogP contribution in [0.3, 0.4) is 0 Å². The van der Waals surface area contributed by atoms with Gasteiger partial charge in [-0.25, -0.2) is 0 Å². The largest absolute Gasteiger partial charge is 0.497 e. The number of hydrogen-bond acceptors (Lipinski definition) is 3. The normalized spacial score (nSPS) is 9.72. The first-order valence-electron chi connectivity index (χ1n) is 6.16. The van der Waals surface area contributed by atoms with Gasteiger partial charge in [-0.05, 0) is 35.9 Å². The summed E-state index contributed by atoms with van der Waals surface area (Å²) in [6.07, 6.45) is 2.47. The highest BCUT2D eigenvalue weighted by Gasteiger charge is 2.03. The lowest BCUT2D eigenvalue weighted by Gasteiger charge is -2.07. The highest BCUT2D eigenvalue weighted by molar-refractivity contribution is 7.98. The molecule has 0 heterocycles. The van der Waals surface area contributed by atoms with Crippen LogP contribution in [0.1, 0.15) is 30.9 Å². The van der Waals surface area contributed by atoms with Crippen molar-refractivity contribution in [3.05, 3.63) is 29.3 Å². The molecule has 3 heteroatoms. The molecule has 18 heavy (non-hydrogen) atoms. The Morgan fingerprint density at radius 2 is 2.22 bits per heavy atom. The SMILES string of the molecule is CCCCSCc1cc(OC)ccc1C#CCO. The Morgan fingerprint density at radius 1 is 1.39 bits per heavy atom. The fourth-order valence-corrected chi connectivity index (χ4v) is 2.60. The minimum absolute atomic E-state index is 0.103. The monoisotopic (exact) mass is 264 g/mol. The molecular formula is C15H20O2S. The van der Waals surface area contributed by atoms with E-state index < -0.39 is 0 Å². The third-order valence-corrected chi connectivity index (χ3v) is 3.61. The predicted octanol–water partition coefficient (Wildman–Crippen LogP) is 3.07. The Balaban J connectivity index is 2.76. The highest BCUT2D eigenvalue weighted by Crippen LogP contribution is 2.22. The van der Waals surface area contributed by atoms with Crippen molar-refractivity contribution in [2.24, 2.45) is 0 Å². The predicted molar refractivity (Wildman–Crippen MR) is 78.0 cm³/mol. The minimum atomic E-state index is -0.103. The van der Waals surface area contributed by atoms with Gasteiger partial charge in [0.2, 0.25) is 0 Å². The fourth-order valence-electron chi connectivity index (χ4n) is 1.50. The Morgan fingerprint density at radius 3 is 2.89 bits per heavy atom. The average molecular weight is 264 g/mol. The van der Waals surface area contributed by atoms with Gasteiger partial charge >= 0.3 is 0 Å². The lowest BCUT2D eigenvalue weighted by atomic mass is 10.1. The van der Waals surface area contributed by atoms with E-state index in [0.717, 1.165) is 17.1 Å². The molecule has 2 nitrogen and oxygen atoms in total. The van der Waals surface area contributed by atoms with Gasteiger partial charge < -0.3 is 9.84 Å². The van der Waals surface area contributed by atoms with Crippen LogP contribution in [-0.4, -0.2) is 24.6 Å². The first-order chi connectivity index (χ1) is 8.81. The Kier molecular flexibility index (Phi) is 7.40. The third-order valence-electron chi connectivity index (χ3n) is 2.51. The third kappa shape index (κ3) is 5.03. The molecule has 0 bridgehead atoms. The van der Waals surface area contributed by atoms with Gasteiger partial charge in [-0.3, -0.25) is 0 Å². The van der Waals surface area contributed by atoms with Crippen molar-refractivity contribution in [1.82, 2.24) is 0 Å². The highest BCUT2D eigenvalue weighted by atomic mass is 32.2. The summed E-state index contributed by atoms with van der Waals surface area (Å²) in [6, 6.07) is 5.89. The Hall–Kier alpha value is -1.11. The molecule has 0 fully saturated rings. The summed E-state index contributed by atoms with van der Waals surface area (Å²) < 4.78 is 5.23. The molecule has 98 valence electrons. The van der Waals surface area contributed by atoms with Crippen LogP contribution in [0.15, 0.2) is 18.2 Å². The maximum absolute atomic E-state index is 8.76. The molecule has 1 aromatic rings. The van der Waals surface area contributed by atoms with E-state index in [2.05, 4.69) is 18.8 Å². The van der Waals surface area contributed by atoms with Crippen molar-refractivity contribution in [3.63, 3.8) is 0 Å². The van der Waals surface area contributed by atoms with Gasteiger partial charge in [0, 0.05) is 11.3 Å². The van der Waals surface area contributed by atoms with E-state index in [1.807, 2.05) is 30.0 Å². The van der Waals surface area contributed by atoms with Gasteiger partial charge in [-0.1, -0.05) is 25.2 Å². The minimum Gasteiger partial charge on any atom is -0.497 e. The molecule has 0 aromatic heterocycles. The van der Waals surface area contributed by atoms with Crippen molar-refractivity contribution >= 4 is 11.8 Å². The number of aliphatic hydroxyl groups excluding tert-OH is 1. The second-order valence-corrected chi connectivity index (χ2v) is 4.99. The Labute approximate surface area is 114 Å². The maximum Gasteiger partial charge on any atom is 0.119 e. The first kappa shape index (κ1) is 14.9. The van der Waals surface area contributed by atoms with Gasteiger partial charge in [-0.2, -0.15) is 11.8 Å². The molecule has 0 atom stereocenters. The molecule has 0 aliphatic rings. The Bertz CT molecular complexity index is 418. The summed E-state index contributed by atoms with van der Waals surface area (Å²) in [5.41, 5.74) is 2.16. The molecule has 0 spiro atoms. The van der Waals surface area contributed by atoms with Crippen LogP contribution < -0.4 is 4.74 Å². The summed E-state index contributed by atoms with van der Waals surface area (Å²) in [7, 11) is 1.67. The number of aliphatic hydroxyl groups is 1. The van der Waals surface area contributed by atoms with Gasteiger partial charge in [-0.15, -0.1) is 0 Å². The molecule has 1 N–H and O–H groups in total. The number of thioether (sulfide) groups is 1. The van der Waals surface area contributed by atoms with Gasteiger partial charge in [0.15, 0.2) is 0 Å². The van der Waals surface area contributed by atoms with Gasteiger partial charge in [0.05, 0.1) is 7.11 Å². The fraction of sp³-hybridized carbons (Fsp3) is 0.467. The second-order valence-electron chi connectivity index (χ2n) is 3.89. The summed E-state index contributed by atoms with van der Waals surface area (Å²) in [5.74, 6) is 8.65. The van der Waals surface area contributed by atoms with E-state index in [4.69, 9.17) is 9.84 Å². The van der Waals surface area contributed by atoms with E-state index in [1.54, 1.807) is 7.11 Å². The average Bonchev–Trinajstić information content (AvgIpc) is 2.42. The topological polar surface area (TPSA) is 29.5 Å².